The van der Waals surface area contributed by atoms with Crippen molar-refractivity contribution in [2.75, 3.05) is 5.32 Å². The molecule has 1 unspecified atom stereocenters. The summed E-state index contributed by atoms with van der Waals surface area (Å²) in [5.41, 5.74) is 17.1. The standard InChI is InChI=1S/C15H21ClN4O3/c16-14-9(4-2-6-12(18)21)3-1-5-11(14)20-15(23)10(17)7-8-13(19)22/h1,3,5,10H,2,4,6-8,17H2,(H2,18,21)(H2,19,22)(H,20,23). The van der Waals surface area contributed by atoms with Gasteiger partial charge in [0.15, 0.2) is 0 Å². The Balaban J connectivity index is 2.67. The first kappa shape index (κ1) is 18.9. The number of hydrogen-bond donors (Lipinski definition) is 4. The zero-order chi connectivity index (χ0) is 17.4. The third-order valence-electron chi connectivity index (χ3n) is 3.24. The molecule has 0 heterocycles. The number of hydrogen-bond acceptors (Lipinski definition) is 4. The van der Waals surface area contributed by atoms with Crippen molar-refractivity contribution < 1.29 is 14.4 Å². The topological polar surface area (TPSA) is 141 Å². The Morgan fingerprint density at radius 2 is 1.78 bits per heavy atom. The van der Waals surface area contributed by atoms with Crippen LogP contribution in [0, 0.1) is 0 Å². The summed E-state index contributed by atoms with van der Waals surface area (Å²) in [6.07, 6.45) is 1.61. The maximum absolute atomic E-state index is 12.0. The van der Waals surface area contributed by atoms with Gasteiger partial charge >= 0.3 is 0 Å². The van der Waals surface area contributed by atoms with E-state index in [-0.39, 0.29) is 25.2 Å². The van der Waals surface area contributed by atoms with Crippen LogP contribution in [-0.4, -0.2) is 23.8 Å². The fourth-order valence-corrected chi connectivity index (χ4v) is 2.24. The quantitative estimate of drug-likeness (QED) is 0.524. The van der Waals surface area contributed by atoms with Gasteiger partial charge in [-0.15, -0.1) is 0 Å². The van der Waals surface area contributed by atoms with Crippen LogP contribution in [0.1, 0.15) is 31.2 Å². The molecule has 0 bridgehead atoms. The molecule has 7 nitrogen and oxygen atoms in total. The lowest BCUT2D eigenvalue weighted by atomic mass is 10.1. The minimum absolute atomic E-state index is 0.0372. The molecule has 0 aromatic heterocycles. The van der Waals surface area contributed by atoms with Gasteiger partial charge in [-0.2, -0.15) is 0 Å². The summed E-state index contributed by atoms with van der Waals surface area (Å²) in [6, 6.07) is 4.36. The number of carbonyl (C=O) groups excluding carboxylic acids is 3. The molecular weight excluding hydrogens is 320 g/mol. The van der Waals surface area contributed by atoms with E-state index in [1.54, 1.807) is 12.1 Å². The van der Waals surface area contributed by atoms with Crippen LogP contribution in [0.4, 0.5) is 5.69 Å². The molecule has 1 atom stereocenters. The number of rotatable bonds is 9. The van der Waals surface area contributed by atoms with Crippen molar-refractivity contribution in [3.8, 4) is 0 Å². The molecule has 126 valence electrons. The van der Waals surface area contributed by atoms with Crippen LogP contribution < -0.4 is 22.5 Å². The molecule has 8 heteroatoms. The summed E-state index contributed by atoms with van der Waals surface area (Å²) in [4.78, 5) is 33.5. The maximum Gasteiger partial charge on any atom is 0.241 e. The van der Waals surface area contributed by atoms with E-state index in [1.807, 2.05) is 6.07 Å². The van der Waals surface area contributed by atoms with Gasteiger partial charge in [0.2, 0.25) is 17.7 Å². The van der Waals surface area contributed by atoms with Crippen molar-refractivity contribution in [2.45, 2.75) is 38.1 Å². The average molecular weight is 341 g/mol. The first-order chi connectivity index (χ1) is 10.8. The highest BCUT2D eigenvalue weighted by atomic mass is 35.5. The van der Waals surface area contributed by atoms with E-state index >= 15 is 0 Å². The van der Waals surface area contributed by atoms with E-state index in [0.29, 0.717) is 23.6 Å². The normalized spacial score (nSPS) is 11.7. The average Bonchev–Trinajstić information content (AvgIpc) is 2.48. The van der Waals surface area contributed by atoms with Gasteiger partial charge in [0.05, 0.1) is 16.8 Å². The Morgan fingerprint density at radius 1 is 1.13 bits per heavy atom. The number of primary amides is 2. The number of nitrogens with two attached hydrogens (primary N) is 3. The number of anilines is 1. The minimum atomic E-state index is -0.850. The van der Waals surface area contributed by atoms with Gasteiger partial charge < -0.3 is 22.5 Å². The first-order valence-corrected chi connectivity index (χ1v) is 7.59. The summed E-state index contributed by atoms with van der Waals surface area (Å²) < 4.78 is 0. The van der Waals surface area contributed by atoms with Crippen LogP contribution in [0.2, 0.25) is 5.02 Å². The number of amides is 3. The summed E-state index contributed by atoms with van der Waals surface area (Å²) in [5.74, 6) is -1.32. The SMILES string of the molecule is NC(=O)CCCc1cccc(NC(=O)C(N)CCC(N)=O)c1Cl. The van der Waals surface area contributed by atoms with Crippen molar-refractivity contribution in [1.29, 1.82) is 0 Å². The third-order valence-corrected chi connectivity index (χ3v) is 3.69. The highest BCUT2D eigenvalue weighted by Crippen LogP contribution is 2.27. The molecule has 1 aromatic carbocycles. The smallest absolute Gasteiger partial charge is 0.241 e. The molecule has 0 fully saturated rings. The largest absolute Gasteiger partial charge is 0.370 e. The van der Waals surface area contributed by atoms with Crippen LogP contribution in [0.3, 0.4) is 0 Å². The Hall–Kier alpha value is -2.12. The van der Waals surface area contributed by atoms with Crippen LogP contribution in [-0.2, 0) is 20.8 Å². The van der Waals surface area contributed by atoms with E-state index in [4.69, 9.17) is 28.8 Å². The van der Waals surface area contributed by atoms with E-state index in [0.717, 1.165) is 5.56 Å². The lowest BCUT2D eigenvalue weighted by Crippen LogP contribution is -2.36. The van der Waals surface area contributed by atoms with Crippen molar-refractivity contribution in [3.63, 3.8) is 0 Å². The highest BCUT2D eigenvalue weighted by Gasteiger charge is 2.16. The summed E-state index contributed by atoms with van der Waals surface area (Å²) in [5, 5.41) is 3.03. The Labute approximate surface area is 139 Å². The predicted molar refractivity (Wildman–Crippen MR) is 88.6 cm³/mol. The van der Waals surface area contributed by atoms with Crippen molar-refractivity contribution in [2.24, 2.45) is 17.2 Å². The Morgan fingerprint density at radius 3 is 2.39 bits per heavy atom. The molecule has 1 rings (SSSR count). The lowest BCUT2D eigenvalue weighted by Gasteiger charge is -2.14. The Kier molecular flexibility index (Phi) is 7.50. The zero-order valence-corrected chi connectivity index (χ0v) is 13.4. The first-order valence-electron chi connectivity index (χ1n) is 7.21. The number of benzene rings is 1. The van der Waals surface area contributed by atoms with Crippen molar-refractivity contribution in [3.05, 3.63) is 28.8 Å². The van der Waals surface area contributed by atoms with E-state index in [2.05, 4.69) is 5.32 Å². The molecule has 0 radical (unpaired) electrons. The molecule has 0 spiro atoms. The lowest BCUT2D eigenvalue weighted by molar-refractivity contribution is -0.120. The molecule has 23 heavy (non-hydrogen) atoms. The second-order valence-corrected chi connectivity index (χ2v) is 5.58. The number of carbonyl (C=O) groups is 3. The second-order valence-electron chi connectivity index (χ2n) is 5.20. The molecule has 0 aliphatic rings. The second kappa shape index (κ2) is 9.12. The van der Waals surface area contributed by atoms with Crippen molar-refractivity contribution in [1.82, 2.24) is 0 Å². The van der Waals surface area contributed by atoms with E-state index in [1.165, 1.54) is 0 Å². The summed E-state index contributed by atoms with van der Waals surface area (Å²) >= 11 is 6.25. The molecule has 3 amide bonds. The van der Waals surface area contributed by atoms with Gasteiger partial charge in [-0.1, -0.05) is 23.7 Å². The van der Waals surface area contributed by atoms with Gasteiger partial charge in [0.25, 0.3) is 0 Å². The number of aryl methyl sites for hydroxylation is 1. The van der Waals surface area contributed by atoms with E-state index in [9.17, 15) is 14.4 Å². The molecular formula is C15H21ClN4O3. The van der Waals surface area contributed by atoms with Gasteiger partial charge in [0, 0.05) is 12.8 Å². The third kappa shape index (κ3) is 6.66. The van der Waals surface area contributed by atoms with Crippen LogP contribution in [0.5, 0.6) is 0 Å². The monoisotopic (exact) mass is 340 g/mol. The molecule has 0 aliphatic heterocycles. The Bertz CT molecular complexity index is 592. The zero-order valence-electron chi connectivity index (χ0n) is 12.7. The maximum atomic E-state index is 12.0. The van der Waals surface area contributed by atoms with Gasteiger partial charge in [-0.3, -0.25) is 14.4 Å². The molecule has 1 aromatic rings. The summed E-state index contributed by atoms with van der Waals surface area (Å²) in [6.45, 7) is 0. The molecule has 0 aliphatic carbocycles. The molecule has 0 saturated heterocycles. The van der Waals surface area contributed by atoms with Crippen LogP contribution in [0.25, 0.3) is 0 Å². The van der Waals surface area contributed by atoms with Crippen molar-refractivity contribution >= 4 is 35.0 Å². The predicted octanol–water partition coefficient (Wildman–Crippen LogP) is 0.679. The van der Waals surface area contributed by atoms with Gasteiger partial charge in [-0.25, -0.2) is 0 Å². The number of halogens is 1. The molecule has 0 saturated carbocycles. The fraction of sp³-hybridized carbons (Fsp3) is 0.400. The highest BCUT2D eigenvalue weighted by molar-refractivity contribution is 6.34. The fourth-order valence-electron chi connectivity index (χ4n) is 1.98. The summed E-state index contributed by atoms with van der Waals surface area (Å²) in [7, 11) is 0. The van der Waals surface area contributed by atoms with E-state index < -0.39 is 17.9 Å². The van der Waals surface area contributed by atoms with Gasteiger partial charge in [-0.05, 0) is 30.9 Å². The van der Waals surface area contributed by atoms with Crippen LogP contribution >= 0.6 is 11.6 Å². The molecule has 7 N–H and O–H groups in total. The number of nitrogens with one attached hydrogen (secondary N) is 1. The van der Waals surface area contributed by atoms with Crippen LogP contribution in [0.15, 0.2) is 18.2 Å². The minimum Gasteiger partial charge on any atom is -0.370 e. The van der Waals surface area contributed by atoms with Gasteiger partial charge in [0.1, 0.15) is 0 Å².